The first-order valence-corrected chi connectivity index (χ1v) is 6.63. The second-order valence-corrected chi connectivity index (χ2v) is 4.30. The summed E-state index contributed by atoms with van der Waals surface area (Å²) in [4.78, 5) is 26.0. The normalized spacial score (nSPS) is 12.2. The molecule has 10 nitrogen and oxygen atoms in total. The number of nitrogens with two attached hydrogens (primary N) is 1. The first kappa shape index (κ1) is 19.5. The van der Waals surface area contributed by atoms with Gasteiger partial charge in [0.15, 0.2) is 0 Å². The molecule has 0 spiro atoms. The van der Waals surface area contributed by atoms with Crippen LogP contribution in [0, 0.1) is 0 Å². The number of hydrogen-bond acceptors (Lipinski definition) is 8. The molecule has 124 valence electrons. The monoisotopic (exact) mass is 309 g/mol. The van der Waals surface area contributed by atoms with E-state index in [0.29, 0.717) is 38.6 Å². The van der Waals surface area contributed by atoms with E-state index in [0.717, 1.165) is 0 Å². The fourth-order valence-corrected chi connectivity index (χ4v) is 1.37. The van der Waals surface area contributed by atoms with E-state index in [2.05, 4.69) is 10.2 Å². The van der Waals surface area contributed by atoms with Gasteiger partial charge < -0.3 is 20.9 Å². The maximum Gasteiger partial charge on any atom is 0.407 e. The number of ether oxygens (including phenoxy) is 1. The topological polar surface area (TPSA) is 155 Å². The number of carboxylic acid groups (broad SMARTS) is 1. The summed E-state index contributed by atoms with van der Waals surface area (Å²) in [6, 6.07) is -0.868. The number of carbonyl (C=O) groups is 2. The molecule has 0 saturated carbocycles. The number of nitrogens with zero attached hydrogens (tertiary/aromatic N) is 1. The lowest BCUT2D eigenvalue weighted by atomic mass is 10.1. The second-order valence-electron chi connectivity index (χ2n) is 4.30. The van der Waals surface area contributed by atoms with Crippen molar-refractivity contribution in [1.29, 1.82) is 0 Å². The number of carbonyl (C=O) groups excluding carboxylic acids is 1. The van der Waals surface area contributed by atoms with Crippen LogP contribution < -0.4 is 11.1 Å². The molecule has 0 rings (SSSR count). The quantitative estimate of drug-likeness (QED) is 0.249. The highest BCUT2D eigenvalue weighted by Gasteiger charge is 2.10. The fraction of sp³-hybridized carbons (Fsp3) is 0.818. The highest BCUT2D eigenvalue weighted by atomic mass is 17.1. The van der Waals surface area contributed by atoms with Crippen LogP contribution in [0.4, 0.5) is 4.79 Å². The highest BCUT2D eigenvalue weighted by Crippen LogP contribution is 1.98. The molecule has 21 heavy (non-hydrogen) atoms. The summed E-state index contributed by atoms with van der Waals surface area (Å²) >= 11 is 0. The average molecular weight is 309 g/mol. The van der Waals surface area contributed by atoms with Crippen molar-refractivity contribution < 1.29 is 34.7 Å². The van der Waals surface area contributed by atoms with E-state index in [4.69, 9.17) is 26.0 Å². The molecule has 0 aromatic rings. The van der Waals surface area contributed by atoms with Crippen LogP contribution in [0.5, 0.6) is 0 Å². The van der Waals surface area contributed by atoms with Crippen LogP contribution in [0.1, 0.15) is 32.1 Å². The summed E-state index contributed by atoms with van der Waals surface area (Å²) in [5.41, 5.74) is 5.33. The summed E-state index contributed by atoms with van der Waals surface area (Å²) in [6.45, 7) is 0.677. The number of hydrogen-bond donors (Lipinski definition) is 5. The zero-order valence-electron chi connectivity index (χ0n) is 11.7. The summed E-state index contributed by atoms with van der Waals surface area (Å²) in [5, 5.41) is 27.2. The number of alkyl carbamates (subject to hydrolysis) is 1. The molecule has 0 aliphatic carbocycles. The molecule has 6 N–H and O–H groups in total. The van der Waals surface area contributed by atoms with Crippen LogP contribution in [0.2, 0.25) is 0 Å². The first-order valence-electron chi connectivity index (χ1n) is 6.63. The van der Waals surface area contributed by atoms with Crippen LogP contribution in [0.25, 0.3) is 0 Å². The summed E-state index contributed by atoms with van der Waals surface area (Å²) < 4.78 is 4.85. The predicted molar refractivity (Wildman–Crippen MR) is 69.4 cm³/mol. The molecule has 1 atom stereocenters. The van der Waals surface area contributed by atoms with Crippen LogP contribution in [0.3, 0.4) is 0 Å². The first-order chi connectivity index (χ1) is 9.93. The van der Waals surface area contributed by atoms with E-state index in [9.17, 15) is 9.59 Å². The molecule has 0 saturated heterocycles. The largest absolute Gasteiger partial charge is 0.480 e. The summed E-state index contributed by atoms with van der Waals surface area (Å²) in [6.07, 6.45) is 2.05. The van der Waals surface area contributed by atoms with Gasteiger partial charge in [-0.2, -0.15) is 0 Å². The van der Waals surface area contributed by atoms with Crippen molar-refractivity contribution in [2.24, 2.45) is 5.73 Å². The smallest absolute Gasteiger partial charge is 0.407 e. The van der Waals surface area contributed by atoms with Gasteiger partial charge in [-0.05, 0) is 32.1 Å². The summed E-state index contributed by atoms with van der Waals surface area (Å²) in [5.74, 6) is -1.03. The Kier molecular flexibility index (Phi) is 11.4. The Morgan fingerprint density at radius 1 is 1.14 bits per heavy atom. The molecule has 10 heteroatoms. The third kappa shape index (κ3) is 13.3. The Morgan fingerprint density at radius 3 is 2.43 bits per heavy atom. The molecule has 0 bridgehead atoms. The van der Waals surface area contributed by atoms with Crippen LogP contribution >= 0.6 is 0 Å². The Balaban J connectivity index is 3.33. The zero-order valence-corrected chi connectivity index (χ0v) is 11.7. The Labute approximate surface area is 122 Å². The Morgan fingerprint density at radius 2 is 1.81 bits per heavy atom. The van der Waals surface area contributed by atoms with Gasteiger partial charge in [0, 0.05) is 6.54 Å². The fourth-order valence-electron chi connectivity index (χ4n) is 1.37. The molecular weight excluding hydrogens is 286 g/mol. The molecule has 0 aliphatic rings. The van der Waals surface area contributed by atoms with Gasteiger partial charge in [0.1, 0.15) is 6.04 Å². The van der Waals surface area contributed by atoms with Crippen molar-refractivity contribution in [3.05, 3.63) is 0 Å². The minimum atomic E-state index is -1.03. The van der Waals surface area contributed by atoms with Gasteiger partial charge in [-0.3, -0.25) is 20.0 Å². The second kappa shape index (κ2) is 12.3. The number of amides is 1. The minimum absolute atomic E-state index is 0.0990. The van der Waals surface area contributed by atoms with Gasteiger partial charge >= 0.3 is 12.1 Å². The Hall–Kier alpha value is -1.46. The maximum atomic E-state index is 11.2. The van der Waals surface area contributed by atoms with E-state index in [-0.39, 0.29) is 18.6 Å². The van der Waals surface area contributed by atoms with Crippen molar-refractivity contribution in [1.82, 2.24) is 10.7 Å². The van der Waals surface area contributed by atoms with Crippen LogP contribution in [-0.4, -0.2) is 58.8 Å². The van der Waals surface area contributed by atoms with Gasteiger partial charge in [0.25, 0.3) is 0 Å². The molecule has 0 heterocycles. The molecule has 1 unspecified atom stereocenters. The van der Waals surface area contributed by atoms with E-state index in [1.165, 1.54) is 0 Å². The molecule has 0 aliphatic heterocycles. The molecule has 0 aromatic heterocycles. The third-order valence-electron chi connectivity index (χ3n) is 2.51. The highest BCUT2D eigenvalue weighted by molar-refractivity contribution is 5.72. The van der Waals surface area contributed by atoms with E-state index in [1.54, 1.807) is 0 Å². The van der Waals surface area contributed by atoms with Crippen molar-refractivity contribution in [2.45, 2.75) is 38.1 Å². The molecule has 0 fully saturated rings. The predicted octanol–water partition coefficient (Wildman–Crippen LogP) is 0.0870. The third-order valence-corrected chi connectivity index (χ3v) is 2.51. The van der Waals surface area contributed by atoms with Gasteiger partial charge in [0.05, 0.1) is 18.6 Å². The van der Waals surface area contributed by atoms with Crippen LogP contribution in [-0.2, 0) is 14.4 Å². The zero-order chi connectivity index (χ0) is 16.1. The van der Waals surface area contributed by atoms with Gasteiger partial charge in [-0.25, -0.2) is 4.79 Å². The molecular formula is C11H23N3O7. The van der Waals surface area contributed by atoms with E-state index in [1.807, 2.05) is 0 Å². The van der Waals surface area contributed by atoms with Gasteiger partial charge in [-0.15, -0.1) is 0 Å². The maximum absolute atomic E-state index is 11.2. The lowest BCUT2D eigenvalue weighted by Gasteiger charge is -2.08. The van der Waals surface area contributed by atoms with Crippen molar-refractivity contribution in [2.75, 3.05) is 19.8 Å². The lowest BCUT2D eigenvalue weighted by molar-refractivity contribution is -0.492. The SMILES string of the molecule is NC(CCCCNC(=O)OCCCCON(O)O)C(=O)O. The Bertz CT molecular complexity index is 302. The number of aliphatic carboxylic acids is 1. The van der Waals surface area contributed by atoms with Crippen molar-refractivity contribution in [3.63, 3.8) is 0 Å². The number of nitrogens with one attached hydrogen (secondary N) is 1. The van der Waals surface area contributed by atoms with Crippen molar-refractivity contribution >= 4 is 12.1 Å². The minimum Gasteiger partial charge on any atom is -0.480 e. The number of unbranched alkanes of at least 4 members (excludes halogenated alkanes) is 2. The number of rotatable bonds is 12. The lowest BCUT2D eigenvalue weighted by Crippen LogP contribution is -2.30. The number of carboxylic acids is 1. The van der Waals surface area contributed by atoms with Gasteiger partial charge in [-0.1, -0.05) is 0 Å². The molecule has 0 aromatic carbocycles. The summed E-state index contributed by atoms with van der Waals surface area (Å²) in [7, 11) is 0. The van der Waals surface area contributed by atoms with Crippen molar-refractivity contribution in [3.8, 4) is 0 Å². The van der Waals surface area contributed by atoms with E-state index >= 15 is 0 Å². The standard InChI is InChI=1S/C11H23N3O7/c12-9(10(15)16)5-1-2-6-13-11(17)20-7-3-4-8-21-14(18)19/h9,18-19H,1-8,12H2,(H,13,17)(H,15,16). The van der Waals surface area contributed by atoms with E-state index < -0.39 is 18.1 Å². The average Bonchev–Trinajstić information content (AvgIpc) is 2.41. The molecule has 1 amide bonds. The molecule has 0 radical (unpaired) electrons. The van der Waals surface area contributed by atoms with Crippen LogP contribution in [0.15, 0.2) is 0 Å². The van der Waals surface area contributed by atoms with Gasteiger partial charge in [0.2, 0.25) is 0 Å².